The van der Waals surface area contributed by atoms with Gasteiger partial charge in [0.25, 0.3) is 0 Å². The zero-order valence-corrected chi connectivity index (χ0v) is 11.7. The lowest BCUT2D eigenvalue weighted by Crippen LogP contribution is -2.43. The van der Waals surface area contributed by atoms with Crippen LogP contribution in [0.2, 0.25) is 0 Å². The lowest BCUT2D eigenvalue weighted by molar-refractivity contribution is 0.227. The number of nitrogens with zero attached hydrogens (tertiary/aromatic N) is 1. The second-order valence-electron chi connectivity index (χ2n) is 5.20. The van der Waals surface area contributed by atoms with E-state index >= 15 is 0 Å². The molecule has 2 rings (SSSR count). The van der Waals surface area contributed by atoms with E-state index < -0.39 is 10.0 Å². The molecule has 2 N–H and O–H groups in total. The molecule has 1 saturated carbocycles. The van der Waals surface area contributed by atoms with Gasteiger partial charge in [-0.25, -0.2) is 12.7 Å². The summed E-state index contributed by atoms with van der Waals surface area (Å²) in [5, 5.41) is 0. The summed E-state index contributed by atoms with van der Waals surface area (Å²) >= 11 is 0. The molecule has 0 aromatic heterocycles. The van der Waals surface area contributed by atoms with Crippen LogP contribution in [0.15, 0.2) is 29.2 Å². The third kappa shape index (κ3) is 2.74. The Morgan fingerprint density at radius 2 is 1.83 bits per heavy atom. The molecule has 100 valence electrons. The maximum Gasteiger partial charge on any atom is 0.242 e. The van der Waals surface area contributed by atoms with Gasteiger partial charge in [0, 0.05) is 19.6 Å². The Bertz CT molecular complexity index is 504. The van der Waals surface area contributed by atoms with Crippen molar-refractivity contribution in [3.8, 4) is 0 Å². The Labute approximate surface area is 109 Å². The van der Waals surface area contributed by atoms with Crippen LogP contribution >= 0.6 is 0 Å². The average molecular weight is 268 g/mol. The SMILES string of the molecule is Cc1ccc(S(=O)(=O)N(C)CC2CC(N)C2)cc1. The summed E-state index contributed by atoms with van der Waals surface area (Å²) in [6.07, 6.45) is 1.85. The van der Waals surface area contributed by atoms with Crippen LogP contribution < -0.4 is 5.73 Å². The largest absolute Gasteiger partial charge is 0.328 e. The van der Waals surface area contributed by atoms with Crippen LogP contribution in [0.4, 0.5) is 0 Å². The first-order valence-corrected chi connectivity index (χ1v) is 7.62. The summed E-state index contributed by atoms with van der Waals surface area (Å²) in [5.74, 6) is 0.408. The van der Waals surface area contributed by atoms with Crippen LogP contribution in [0.25, 0.3) is 0 Å². The molecule has 5 heteroatoms. The van der Waals surface area contributed by atoms with Gasteiger partial charge in [-0.05, 0) is 37.8 Å². The molecule has 18 heavy (non-hydrogen) atoms. The Morgan fingerprint density at radius 1 is 1.28 bits per heavy atom. The van der Waals surface area contributed by atoms with Crippen molar-refractivity contribution in [3.63, 3.8) is 0 Å². The fourth-order valence-electron chi connectivity index (χ4n) is 2.29. The number of benzene rings is 1. The lowest BCUT2D eigenvalue weighted by atomic mass is 9.81. The molecule has 0 bridgehead atoms. The summed E-state index contributed by atoms with van der Waals surface area (Å²) in [5.41, 5.74) is 6.77. The first kappa shape index (κ1) is 13.5. The number of sulfonamides is 1. The van der Waals surface area contributed by atoms with Crippen LogP contribution in [0, 0.1) is 12.8 Å². The predicted octanol–water partition coefficient (Wildman–Crippen LogP) is 1.35. The highest BCUT2D eigenvalue weighted by Gasteiger charge is 2.30. The molecule has 0 unspecified atom stereocenters. The van der Waals surface area contributed by atoms with Gasteiger partial charge in [0.1, 0.15) is 0 Å². The number of aryl methyl sites for hydroxylation is 1. The standard InChI is InChI=1S/C13H20N2O2S/c1-10-3-5-13(6-4-10)18(16,17)15(2)9-11-7-12(14)8-11/h3-6,11-12H,7-9,14H2,1-2H3. The van der Waals surface area contributed by atoms with E-state index in [1.54, 1.807) is 19.2 Å². The fourth-order valence-corrected chi connectivity index (χ4v) is 3.54. The average Bonchev–Trinajstić information content (AvgIpc) is 2.27. The normalized spacial score (nSPS) is 24.0. The Hall–Kier alpha value is -0.910. The van der Waals surface area contributed by atoms with Crippen molar-refractivity contribution in [1.82, 2.24) is 4.31 Å². The van der Waals surface area contributed by atoms with Crippen LogP contribution in [0.1, 0.15) is 18.4 Å². The van der Waals surface area contributed by atoms with Gasteiger partial charge in [-0.1, -0.05) is 17.7 Å². The predicted molar refractivity (Wildman–Crippen MR) is 71.7 cm³/mol. The van der Waals surface area contributed by atoms with E-state index in [1.165, 1.54) is 4.31 Å². The minimum Gasteiger partial charge on any atom is -0.328 e. The second-order valence-corrected chi connectivity index (χ2v) is 7.24. The second kappa shape index (κ2) is 4.99. The van der Waals surface area contributed by atoms with E-state index in [1.807, 2.05) is 19.1 Å². The van der Waals surface area contributed by atoms with Crippen LogP contribution in [0.3, 0.4) is 0 Å². The Balaban J connectivity index is 2.08. The van der Waals surface area contributed by atoms with E-state index in [0.717, 1.165) is 18.4 Å². The van der Waals surface area contributed by atoms with Crippen molar-refractivity contribution in [2.24, 2.45) is 11.7 Å². The third-order valence-electron chi connectivity index (χ3n) is 3.52. The van der Waals surface area contributed by atoms with Gasteiger partial charge >= 0.3 is 0 Å². The molecule has 1 aliphatic carbocycles. The molecule has 0 atom stereocenters. The minimum atomic E-state index is -3.35. The maximum absolute atomic E-state index is 12.3. The van der Waals surface area contributed by atoms with Crippen molar-refractivity contribution in [3.05, 3.63) is 29.8 Å². The molecule has 0 radical (unpaired) electrons. The van der Waals surface area contributed by atoms with Gasteiger partial charge in [-0.2, -0.15) is 0 Å². The molecule has 0 heterocycles. The molecule has 0 spiro atoms. The molecule has 4 nitrogen and oxygen atoms in total. The van der Waals surface area contributed by atoms with E-state index in [2.05, 4.69) is 0 Å². The van der Waals surface area contributed by atoms with Gasteiger partial charge < -0.3 is 5.73 Å². The van der Waals surface area contributed by atoms with Crippen molar-refractivity contribution < 1.29 is 8.42 Å². The quantitative estimate of drug-likeness (QED) is 0.896. The van der Waals surface area contributed by atoms with E-state index in [4.69, 9.17) is 5.73 Å². The van der Waals surface area contributed by atoms with Crippen LogP contribution in [-0.4, -0.2) is 32.4 Å². The van der Waals surface area contributed by atoms with Crippen LogP contribution in [-0.2, 0) is 10.0 Å². The molecule has 1 aromatic rings. The molecule has 0 amide bonds. The first-order valence-electron chi connectivity index (χ1n) is 6.18. The third-order valence-corrected chi connectivity index (χ3v) is 5.35. The van der Waals surface area contributed by atoms with Crippen molar-refractivity contribution in [2.75, 3.05) is 13.6 Å². The number of hydrogen-bond acceptors (Lipinski definition) is 3. The van der Waals surface area contributed by atoms with E-state index in [9.17, 15) is 8.42 Å². The highest BCUT2D eigenvalue weighted by Crippen LogP contribution is 2.27. The van der Waals surface area contributed by atoms with Gasteiger partial charge in [-0.3, -0.25) is 0 Å². The first-order chi connectivity index (χ1) is 8.39. The number of hydrogen-bond donors (Lipinski definition) is 1. The van der Waals surface area contributed by atoms with Gasteiger partial charge in [-0.15, -0.1) is 0 Å². The number of nitrogens with two attached hydrogens (primary N) is 1. The Morgan fingerprint density at radius 3 is 2.33 bits per heavy atom. The van der Waals surface area contributed by atoms with Crippen molar-refractivity contribution in [1.29, 1.82) is 0 Å². The molecule has 1 fully saturated rings. The van der Waals surface area contributed by atoms with Gasteiger partial charge in [0.05, 0.1) is 4.90 Å². The summed E-state index contributed by atoms with van der Waals surface area (Å²) in [6.45, 7) is 2.50. The van der Waals surface area contributed by atoms with Crippen LogP contribution in [0.5, 0.6) is 0 Å². The highest BCUT2D eigenvalue weighted by atomic mass is 32.2. The topological polar surface area (TPSA) is 63.4 Å². The van der Waals surface area contributed by atoms with Crippen molar-refractivity contribution >= 4 is 10.0 Å². The number of rotatable bonds is 4. The monoisotopic (exact) mass is 268 g/mol. The minimum absolute atomic E-state index is 0.255. The molecular formula is C13H20N2O2S. The van der Waals surface area contributed by atoms with Gasteiger partial charge in [0.15, 0.2) is 0 Å². The summed E-state index contributed by atoms with van der Waals surface area (Å²) < 4.78 is 26.0. The van der Waals surface area contributed by atoms with E-state index in [-0.39, 0.29) is 6.04 Å². The zero-order chi connectivity index (χ0) is 13.3. The summed E-state index contributed by atoms with van der Waals surface area (Å²) in [7, 11) is -1.71. The molecule has 1 aliphatic rings. The van der Waals surface area contributed by atoms with Gasteiger partial charge in [0.2, 0.25) is 10.0 Å². The molecule has 0 saturated heterocycles. The maximum atomic E-state index is 12.3. The smallest absolute Gasteiger partial charge is 0.242 e. The summed E-state index contributed by atoms with van der Waals surface area (Å²) in [4.78, 5) is 0.360. The molecular weight excluding hydrogens is 248 g/mol. The zero-order valence-electron chi connectivity index (χ0n) is 10.8. The van der Waals surface area contributed by atoms with E-state index in [0.29, 0.717) is 17.4 Å². The fraction of sp³-hybridized carbons (Fsp3) is 0.538. The lowest BCUT2D eigenvalue weighted by Gasteiger charge is -2.34. The van der Waals surface area contributed by atoms with Crippen molar-refractivity contribution in [2.45, 2.75) is 30.7 Å². The highest BCUT2D eigenvalue weighted by molar-refractivity contribution is 7.89. The Kier molecular flexibility index (Phi) is 3.75. The molecule has 0 aliphatic heterocycles. The summed E-state index contributed by atoms with van der Waals surface area (Å²) in [6, 6.07) is 7.21. The molecule has 1 aromatic carbocycles.